The van der Waals surface area contributed by atoms with Gasteiger partial charge < -0.3 is 9.97 Å². The van der Waals surface area contributed by atoms with E-state index in [1.807, 2.05) is 65.6 Å². The van der Waals surface area contributed by atoms with Gasteiger partial charge >= 0.3 is 0 Å². The molecule has 73 heavy (non-hydrogen) atoms. The highest BCUT2D eigenvalue weighted by Gasteiger charge is 2.23. The molecule has 7 heterocycles. The molecule has 17 heteroatoms. The molecule has 0 bridgehead atoms. The summed E-state index contributed by atoms with van der Waals surface area (Å²) in [6.45, 7) is 8.11. The molecule has 362 valence electrons. The number of nitrogens with one attached hydrogen (secondary N) is 2. The fourth-order valence-corrected chi connectivity index (χ4v) is 10.5. The van der Waals surface area contributed by atoms with E-state index in [1.54, 1.807) is 23.2 Å². The van der Waals surface area contributed by atoms with Crippen molar-refractivity contribution in [3.63, 3.8) is 0 Å². The minimum absolute atomic E-state index is 0.0599. The molecule has 2 N–H and O–H groups in total. The van der Waals surface area contributed by atoms with Crippen LogP contribution in [0.1, 0.15) is 39.7 Å². The van der Waals surface area contributed by atoms with Gasteiger partial charge in [-0.25, -0.2) is 34.5 Å². The van der Waals surface area contributed by atoms with Gasteiger partial charge in [-0.15, -0.1) is 0 Å². The van der Waals surface area contributed by atoms with Crippen molar-refractivity contribution in [2.75, 3.05) is 6.54 Å². The van der Waals surface area contributed by atoms with Crippen LogP contribution in [0.15, 0.2) is 146 Å². The predicted molar refractivity (Wildman–Crippen MR) is 297 cm³/mol. The topological polar surface area (TPSA) is 146 Å². The smallest absolute Gasteiger partial charge is 0.155 e. The van der Waals surface area contributed by atoms with Gasteiger partial charge in [0.05, 0.1) is 46.9 Å². The third-order valence-corrected chi connectivity index (χ3v) is 14.3. The van der Waals surface area contributed by atoms with Gasteiger partial charge in [0.15, 0.2) is 5.65 Å². The lowest BCUT2D eigenvalue weighted by atomic mass is 9.96. The van der Waals surface area contributed by atoms with E-state index in [4.69, 9.17) is 29.9 Å². The zero-order valence-electron chi connectivity index (χ0n) is 39.8. The number of aryl methyl sites for hydroxylation is 2. The van der Waals surface area contributed by atoms with E-state index in [0.29, 0.717) is 65.8 Å². The first kappa shape index (κ1) is 48.1. The van der Waals surface area contributed by atoms with Gasteiger partial charge in [-0.1, -0.05) is 60.7 Å². The number of hydrogen-bond acceptors (Lipinski definition) is 10. The minimum Gasteiger partial charge on any atom is -0.340 e. The van der Waals surface area contributed by atoms with E-state index in [9.17, 15) is 8.78 Å². The minimum atomic E-state index is -0.556. The van der Waals surface area contributed by atoms with Crippen molar-refractivity contribution in [2.24, 2.45) is 0 Å². The fraction of sp³-hybridized carbons (Fsp3) is 0.143. The molecule has 7 aromatic heterocycles. The van der Waals surface area contributed by atoms with E-state index in [-0.39, 0.29) is 12.0 Å². The van der Waals surface area contributed by atoms with Gasteiger partial charge in [-0.2, -0.15) is 5.10 Å². The first-order valence-corrected chi connectivity index (χ1v) is 25.5. The number of halogens is 4. The lowest BCUT2D eigenvalue weighted by molar-refractivity contribution is 0.477. The van der Waals surface area contributed by atoms with Gasteiger partial charge in [0, 0.05) is 111 Å². The molecule has 4 aromatic carbocycles. The van der Waals surface area contributed by atoms with Crippen molar-refractivity contribution in [3.05, 3.63) is 198 Å². The molecule has 11 rings (SSSR count). The second-order valence-corrected chi connectivity index (χ2v) is 20.5. The molecule has 0 aliphatic rings. The normalized spacial score (nSPS) is 11.7. The van der Waals surface area contributed by atoms with Crippen LogP contribution in [0.3, 0.4) is 0 Å². The lowest BCUT2D eigenvalue weighted by Gasteiger charge is -2.17. The number of benzene rings is 4. The summed E-state index contributed by atoms with van der Waals surface area (Å²) in [5, 5.41) is 4.44. The number of aromatic amines is 2. The number of nitrogens with zero attached hydrogens (tertiary/aromatic N) is 11. The van der Waals surface area contributed by atoms with E-state index in [2.05, 4.69) is 136 Å². The number of aromatic nitrogens is 11. The fourth-order valence-electron chi connectivity index (χ4n) is 9.24. The Morgan fingerprint density at radius 3 is 2.08 bits per heavy atom. The van der Waals surface area contributed by atoms with Crippen LogP contribution in [-0.2, 0) is 26.1 Å². The Kier molecular flexibility index (Phi) is 13.7. The van der Waals surface area contributed by atoms with E-state index < -0.39 is 11.6 Å². The van der Waals surface area contributed by atoms with Crippen LogP contribution in [-0.4, -0.2) is 67.2 Å². The van der Waals surface area contributed by atoms with Gasteiger partial charge in [-0.3, -0.25) is 19.9 Å². The quantitative estimate of drug-likeness (QED) is 0.0751. The highest BCUT2D eigenvalue weighted by molar-refractivity contribution is 14.1. The van der Waals surface area contributed by atoms with E-state index >= 15 is 0 Å². The molecular weight excluding hydrogens is 1150 g/mol. The van der Waals surface area contributed by atoms with Crippen LogP contribution in [0.4, 0.5) is 8.78 Å². The second-order valence-electron chi connectivity index (χ2n) is 17.8. The molecule has 0 unspecified atom stereocenters. The number of hydrogen-bond donors (Lipinski definition) is 2. The Hall–Kier alpha value is -7.20. The molecule has 0 atom stereocenters. The Morgan fingerprint density at radius 2 is 1.29 bits per heavy atom. The van der Waals surface area contributed by atoms with Crippen LogP contribution in [0.5, 0.6) is 0 Å². The molecule has 0 amide bonds. The standard InChI is InChI=1S/C56H45F2I2N13/c1-33-10-7-17-46(65-33)55-53(68-49(69-55)30-71(59)23-20-42-44(57)15-9-16-45(42)58)40-25-43(54-47(27-40)61-21-22-62-54)39-24-34(2)66-48(26-39)56-52(38-18-19-51-63-32-64-73(51)29-38)67-50(70-56)31-72(60)28-37-13-8-14-41(35(37)3)36-11-5-4-6-12-36/h4-19,21-22,24-27,29,32H,20,23,28,30-31H2,1-3H3,(H,67,70)(H,68,69). The third-order valence-electron chi connectivity index (χ3n) is 12.8. The first-order chi connectivity index (χ1) is 35.5. The highest BCUT2D eigenvalue weighted by Crippen LogP contribution is 2.39. The Labute approximate surface area is 447 Å². The van der Waals surface area contributed by atoms with Gasteiger partial charge in [0.2, 0.25) is 0 Å². The highest BCUT2D eigenvalue weighted by atomic mass is 127. The monoisotopic (exact) mass is 1190 g/mol. The predicted octanol–water partition coefficient (Wildman–Crippen LogP) is 12.9. The van der Waals surface area contributed by atoms with Crippen LogP contribution in [0, 0.1) is 32.4 Å². The van der Waals surface area contributed by atoms with Crippen molar-refractivity contribution in [3.8, 4) is 67.5 Å². The number of rotatable bonds is 15. The largest absolute Gasteiger partial charge is 0.340 e. The third kappa shape index (κ3) is 10.3. The summed E-state index contributed by atoms with van der Waals surface area (Å²) in [7, 11) is 0. The summed E-state index contributed by atoms with van der Waals surface area (Å²) in [5.41, 5.74) is 16.3. The average molecular weight is 1190 g/mol. The molecule has 0 saturated heterocycles. The summed E-state index contributed by atoms with van der Waals surface area (Å²) < 4.78 is 35.1. The summed E-state index contributed by atoms with van der Waals surface area (Å²) in [4.78, 5) is 41.8. The first-order valence-electron chi connectivity index (χ1n) is 23.6. The molecule has 0 fully saturated rings. The van der Waals surface area contributed by atoms with Gasteiger partial charge in [0.1, 0.15) is 41.0 Å². The summed E-state index contributed by atoms with van der Waals surface area (Å²) in [5.74, 6) is 0.320. The van der Waals surface area contributed by atoms with Crippen LogP contribution < -0.4 is 0 Å². The number of fused-ring (bicyclic) bond motifs is 2. The lowest BCUT2D eigenvalue weighted by Crippen LogP contribution is -2.16. The Bertz CT molecular complexity index is 3800. The Balaban J connectivity index is 0.970. The number of imidazole rings is 2. The maximum Gasteiger partial charge on any atom is 0.155 e. The van der Waals surface area contributed by atoms with Crippen molar-refractivity contribution in [2.45, 2.75) is 46.8 Å². The Morgan fingerprint density at radius 1 is 0.575 bits per heavy atom. The van der Waals surface area contributed by atoms with Gasteiger partial charge in [-0.05, 0) is 116 Å². The maximum atomic E-state index is 14.6. The second kappa shape index (κ2) is 20.7. The van der Waals surface area contributed by atoms with Crippen molar-refractivity contribution >= 4 is 62.4 Å². The van der Waals surface area contributed by atoms with Crippen molar-refractivity contribution < 1.29 is 8.78 Å². The number of pyridine rings is 3. The van der Waals surface area contributed by atoms with Gasteiger partial charge in [0.25, 0.3) is 0 Å². The summed E-state index contributed by atoms with van der Waals surface area (Å²) in [6.07, 6.45) is 7.08. The molecule has 0 aliphatic carbocycles. The average Bonchev–Trinajstić information content (AvgIpc) is 4.16. The van der Waals surface area contributed by atoms with Crippen molar-refractivity contribution in [1.29, 1.82) is 0 Å². The zero-order chi connectivity index (χ0) is 50.2. The molecule has 11 aromatic rings. The van der Waals surface area contributed by atoms with Crippen LogP contribution >= 0.6 is 45.7 Å². The molecule has 0 aliphatic heterocycles. The molecule has 0 radical (unpaired) electrons. The summed E-state index contributed by atoms with van der Waals surface area (Å²) in [6, 6.07) is 39.0. The SMILES string of the molecule is Cc1cccc(-c2nc(CN(I)CCc3c(F)cccc3F)[nH]c2-c2cc(-c3cc(C)nc(-c4nc(CN(I)Cc5cccc(-c6ccccc6)c5C)[nH]c4-c4ccc5ncnn5c4)c3)c3nccnc3c2)n1. The molecule has 13 nitrogen and oxygen atoms in total. The molecule has 0 saturated carbocycles. The molecular formula is C56H45F2I2N13. The summed E-state index contributed by atoms with van der Waals surface area (Å²) >= 11 is 4.57. The van der Waals surface area contributed by atoms with Crippen molar-refractivity contribution in [1.82, 2.24) is 60.7 Å². The van der Waals surface area contributed by atoms with Crippen LogP contribution in [0.25, 0.3) is 84.2 Å². The van der Waals surface area contributed by atoms with E-state index in [0.717, 1.165) is 56.5 Å². The number of H-pyrrole nitrogens is 2. The maximum absolute atomic E-state index is 14.6. The van der Waals surface area contributed by atoms with E-state index in [1.165, 1.54) is 40.5 Å². The molecule has 0 spiro atoms. The van der Waals surface area contributed by atoms with Crippen LogP contribution in [0.2, 0.25) is 0 Å². The zero-order valence-corrected chi connectivity index (χ0v) is 44.1.